The SMILES string of the molecule is O=C(/C=C\c1cccnc1)Nc1ccc(-c2ccn[nH]2)cc1. The van der Waals surface area contributed by atoms with Crippen LogP contribution in [0.5, 0.6) is 0 Å². The minimum absolute atomic E-state index is 0.182. The lowest BCUT2D eigenvalue weighted by molar-refractivity contribution is -0.111. The summed E-state index contributed by atoms with van der Waals surface area (Å²) in [6, 6.07) is 13.2. The van der Waals surface area contributed by atoms with Crippen LogP contribution in [0, 0.1) is 0 Å². The van der Waals surface area contributed by atoms with Gasteiger partial charge in [0.2, 0.25) is 5.91 Å². The Kier molecular flexibility index (Phi) is 4.06. The molecule has 3 aromatic rings. The first-order chi connectivity index (χ1) is 10.8. The van der Waals surface area contributed by atoms with E-state index in [9.17, 15) is 4.79 Å². The summed E-state index contributed by atoms with van der Waals surface area (Å²) in [5, 5.41) is 9.62. The first kappa shape index (κ1) is 13.8. The Labute approximate surface area is 127 Å². The molecule has 3 rings (SSSR count). The molecule has 0 aliphatic heterocycles. The van der Waals surface area contributed by atoms with Crippen LogP contribution in [0.2, 0.25) is 0 Å². The molecule has 0 unspecified atom stereocenters. The van der Waals surface area contributed by atoms with Crippen LogP contribution in [0.15, 0.2) is 67.1 Å². The molecule has 5 nitrogen and oxygen atoms in total. The Morgan fingerprint density at radius 2 is 1.95 bits per heavy atom. The third kappa shape index (κ3) is 3.46. The molecule has 0 spiro atoms. The molecule has 0 bridgehead atoms. The number of anilines is 1. The van der Waals surface area contributed by atoms with E-state index in [1.807, 2.05) is 42.5 Å². The minimum atomic E-state index is -0.182. The highest BCUT2D eigenvalue weighted by Gasteiger charge is 2.01. The van der Waals surface area contributed by atoms with Gasteiger partial charge in [-0.05, 0) is 41.5 Å². The highest BCUT2D eigenvalue weighted by atomic mass is 16.1. The van der Waals surface area contributed by atoms with E-state index in [4.69, 9.17) is 0 Å². The van der Waals surface area contributed by atoms with Gasteiger partial charge in [-0.3, -0.25) is 14.9 Å². The number of H-pyrrole nitrogens is 1. The molecule has 22 heavy (non-hydrogen) atoms. The molecular formula is C17H14N4O. The first-order valence-corrected chi connectivity index (χ1v) is 6.80. The van der Waals surface area contributed by atoms with Gasteiger partial charge in [-0.2, -0.15) is 5.10 Å². The molecule has 0 atom stereocenters. The van der Waals surface area contributed by atoms with Crippen molar-refractivity contribution in [3.05, 3.63) is 72.7 Å². The van der Waals surface area contributed by atoms with Gasteiger partial charge in [-0.1, -0.05) is 18.2 Å². The third-order valence-corrected chi connectivity index (χ3v) is 3.08. The average molecular weight is 290 g/mol. The first-order valence-electron chi connectivity index (χ1n) is 6.80. The van der Waals surface area contributed by atoms with Crippen LogP contribution in [-0.2, 0) is 4.79 Å². The van der Waals surface area contributed by atoms with Crippen molar-refractivity contribution in [1.82, 2.24) is 15.2 Å². The Balaban J connectivity index is 1.63. The Morgan fingerprint density at radius 1 is 1.09 bits per heavy atom. The van der Waals surface area contributed by atoms with E-state index in [2.05, 4.69) is 20.5 Å². The lowest BCUT2D eigenvalue weighted by Gasteiger charge is -2.03. The lowest BCUT2D eigenvalue weighted by Crippen LogP contribution is -2.07. The second-order valence-electron chi connectivity index (χ2n) is 4.66. The molecule has 0 saturated carbocycles. The molecule has 2 N–H and O–H groups in total. The van der Waals surface area contributed by atoms with Crippen molar-refractivity contribution in [3.8, 4) is 11.3 Å². The van der Waals surface area contributed by atoms with Crippen LogP contribution in [-0.4, -0.2) is 21.1 Å². The third-order valence-electron chi connectivity index (χ3n) is 3.08. The summed E-state index contributed by atoms with van der Waals surface area (Å²) in [5.41, 5.74) is 3.58. The number of nitrogens with zero attached hydrogens (tertiary/aromatic N) is 2. The summed E-state index contributed by atoms with van der Waals surface area (Å²) >= 11 is 0. The van der Waals surface area contributed by atoms with Gasteiger partial charge < -0.3 is 5.32 Å². The van der Waals surface area contributed by atoms with Gasteiger partial charge in [0.25, 0.3) is 0 Å². The molecule has 1 amide bonds. The second-order valence-corrected chi connectivity index (χ2v) is 4.66. The Morgan fingerprint density at radius 3 is 2.64 bits per heavy atom. The van der Waals surface area contributed by atoms with Gasteiger partial charge in [0.15, 0.2) is 0 Å². The van der Waals surface area contributed by atoms with Crippen LogP contribution >= 0.6 is 0 Å². The van der Waals surface area contributed by atoms with Crippen LogP contribution < -0.4 is 5.32 Å². The van der Waals surface area contributed by atoms with Crippen molar-refractivity contribution < 1.29 is 4.79 Å². The van der Waals surface area contributed by atoms with Gasteiger partial charge in [-0.25, -0.2) is 0 Å². The molecule has 0 aliphatic carbocycles. The number of benzene rings is 1. The molecule has 2 heterocycles. The number of carbonyl (C=O) groups is 1. The summed E-state index contributed by atoms with van der Waals surface area (Å²) in [7, 11) is 0. The van der Waals surface area contributed by atoms with E-state index in [1.165, 1.54) is 6.08 Å². The summed E-state index contributed by atoms with van der Waals surface area (Å²) in [6.45, 7) is 0. The number of aromatic amines is 1. The number of hydrogen-bond acceptors (Lipinski definition) is 3. The van der Waals surface area contributed by atoms with E-state index < -0.39 is 0 Å². The Hall–Kier alpha value is -3.21. The molecule has 0 aliphatic rings. The number of nitrogens with one attached hydrogen (secondary N) is 2. The topological polar surface area (TPSA) is 70.7 Å². The number of pyridine rings is 1. The zero-order chi connectivity index (χ0) is 15.2. The van der Waals surface area contributed by atoms with Crippen molar-refractivity contribution in [3.63, 3.8) is 0 Å². The number of amides is 1. The van der Waals surface area contributed by atoms with Gasteiger partial charge in [-0.15, -0.1) is 0 Å². The predicted octanol–water partition coefficient (Wildman–Crippen LogP) is 3.12. The summed E-state index contributed by atoms with van der Waals surface area (Å²) in [4.78, 5) is 15.9. The zero-order valence-electron chi connectivity index (χ0n) is 11.7. The average Bonchev–Trinajstić information content (AvgIpc) is 3.09. The fourth-order valence-electron chi connectivity index (χ4n) is 1.98. The number of aromatic nitrogens is 3. The van der Waals surface area contributed by atoms with Crippen LogP contribution in [0.3, 0.4) is 0 Å². The quantitative estimate of drug-likeness (QED) is 0.725. The van der Waals surface area contributed by atoms with E-state index in [0.717, 1.165) is 22.5 Å². The molecular weight excluding hydrogens is 276 g/mol. The highest BCUT2D eigenvalue weighted by molar-refractivity contribution is 6.01. The van der Waals surface area contributed by atoms with E-state index >= 15 is 0 Å². The van der Waals surface area contributed by atoms with Crippen LogP contribution in [0.4, 0.5) is 5.69 Å². The van der Waals surface area contributed by atoms with Crippen molar-refractivity contribution in [2.24, 2.45) is 0 Å². The largest absolute Gasteiger partial charge is 0.323 e. The Bertz CT molecular complexity index is 762. The molecule has 5 heteroatoms. The maximum atomic E-state index is 11.9. The monoisotopic (exact) mass is 290 g/mol. The zero-order valence-corrected chi connectivity index (χ0v) is 11.7. The second kappa shape index (κ2) is 6.49. The molecule has 2 aromatic heterocycles. The molecule has 0 fully saturated rings. The summed E-state index contributed by atoms with van der Waals surface area (Å²) < 4.78 is 0. The van der Waals surface area contributed by atoms with Gasteiger partial charge in [0, 0.05) is 30.4 Å². The highest BCUT2D eigenvalue weighted by Crippen LogP contribution is 2.18. The maximum Gasteiger partial charge on any atom is 0.248 e. The molecule has 0 radical (unpaired) electrons. The number of carbonyl (C=O) groups excluding carboxylic acids is 1. The van der Waals surface area contributed by atoms with Crippen molar-refractivity contribution in [1.29, 1.82) is 0 Å². The number of rotatable bonds is 4. The molecule has 108 valence electrons. The minimum Gasteiger partial charge on any atom is -0.323 e. The van der Waals surface area contributed by atoms with E-state index in [1.54, 1.807) is 24.7 Å². The van der Waals surface area contributed by atoms with Gasteiger partial charge in [0.1, 0.15) is 0 Å². The van der Waals surface area contributed by atoms with E-state index in [0.29, 0.717) is 0 Å². The summed E-state index contributed by atoms with van der Waals surface area (Å²) in [6.07, 6.45) is 8.30. The normalized spacial score (nSPS) is 10.7. The van der Waals surface area contributed by atoms with Crippen LogP contribution in [0.1, 0.15) is 5.56 Å². The standard InChI is InChI=1S/C17H14N4O/c22-17(8-3-13-2-1-10-18-12-13)20-15-6-4-14(5-7-15)16-9-11-19-21-16/h1-12H,(H,19,21)(H,20,22)/b8-3-. The van der Waals surface area contributed by atoms with Gasteiger partial charge >= 0.3 is 0 Å². The van der Waals surface area contributed by atoms with Crippen molar-refractivity contribution in [2.45, 2.75) is 0 Å². The number of hydrogen-bond donors (Lipinski definition) is 2. The van der Waals surface area contributed by atoms with Crippen molar-refractivity contribution in [2.75, 3.05) is 5.32 Å². The smallest absolute Gasteiger partial charge is 0.248 e. The fourth-order valence-corrected chi connectivity index (χ4v) is 1.98. The van der Waals surface area contributed by atoms with E-state index in [-0.39, 0.29) is 5.91 Å². The summed E-state index contributed by atoms with van der Waals surface area (Å²) in [5.74, 6) is -0.182. The molecule has 0 saturated heterocycles. The van der Waals surface area contributed by atoms with Crippen LogP contribution in [0.25, 0.3) is 17.3 Å². The lowest BCUT2D eigenvalue weighted by atomic mass is 10.1. The predicted molar refractivity (Wildman–Crippen MR) is 85.9 cm³/mol. The fraction of sp³-hybridized carbons (Fsp3) is 0. The van der Waals surface area contributed by atoms with Crippen molar-refractivity contribution >= 4 is 17.7 Å². The van der Waals surface area contributed by atoms with Gasteiger partial charge in [0.05, 0.1) is 5.69 Å². The maximum absolute atomic E-state index is 11.9. The molecule has 1 aromatic carbocycles.